The summed E-state index contributed by atoms with van der Waals surface area (Å²) in [4.78, 5) is 22.4. The third-order valence-electron chi connectivity index (χ3n) is 5.50. The highest BCUT2D eigenvalue weighted by atomic mass is 16.6. The Morgan fingerprint density at radius 2 is 1.53 bits per heavy atom. The van der Waals surface area contributed by atoms with Crippen LogP contribution in [0.25, 0.3) is 0 Å². The molecule has 8 nitrogen and oxygen atoms in total. The van der Waals surface area contributed by atoms with Gasteiger partial charge < -0.3 is 15.5 Å². The SMILES string of the molecule is CNc1ccc(C)c(Nc2ncnc(N(Cc3ccccc3)Cc3ccccc3)c2[N+](=O)[O-])c1. The second-order valence-corrected chi connectivity index (χ2v) is 7.88. The van der Waals surface area contributed by atoms with Crippen LogP contribution < -0.4 is 15.5 Å². The lowest BCUT2D eigenvalue weighted by Gasteiger charge is -2.24. The Morgan fingerprint density at radius 1 is 0.912 bits per heavy atom. The molecular weight excluding hydrogens is 428 g/mol. The van der Waals surface area contributed by atoms with Crippen molar-refractivity contribution in [3.05, 3.63) is 112 Å². The Morgan fingerprint density at radius 3 is 2.09 bits per heavy atom. The van der Waals surface area contributed by atoms with E-state index in [0.29, 0.717) is 13.1 Å². The number of hydrogen-bond acceptors (Lipinski definition) is 7. The van der Waals surface area contributed by atoms with Crippen LogP contribution in [0.1, 0.15) is 16.7 Å². The molecule has 0 aliphatic heterocycles. The van der Waals surface area contributed by atoms with Gasteiger partial charge in [0, 0.05) is 31.5 Å². The highest BCUT2D eigenvalue weighted by Gasteiger charge is 2.28. The Bertz CT molecular complexity index is 1220. The third-order valence-corrected chi connectivity index (χ3v) is 5.50. The van der Waals surface area contributed by atoms with Gasteiger partial charge in [-0.3, -0.25) is 10.1 Å². The van der Waals surface area contributed by atoms with Gasteiger partial charge in [0.15, 0.2) is 0 Å². The number of benzene rings is 3. The molecule has 1 heterocycles. The van der Waals surface area contributed by atoms with E-state index in [1.165, 1.54) is 6.33 Å². The van der Waals surface area contributed by atoms with Crippen LogP contribution >= 0.6 is 0 Å². The molecule has 3 aromatic carbocycles. The Kier molecular flexibility index (Phi) is 6.98. The quantitative estimate of drug-likeness (QED) is 0.248. The van der Waals surface area contributed by atoms with E-state index in [9.17, 15) is 10.1 Å². The number of hydrogen-bond donors (Lipinski definition) is 2. The van der Waals surface area contributed by atoms with Gasteiger partial charge in [-0.05, 0) is 35.7 Å². The molecule has 8 heteroatoms. The molecule has 0 unspecified atom stereocenters. The predicted molar refractivity (Wildman–Crippen MR) is 135 cm³/mol. The predicted octanol–water partition coefficient (Wildman–Crippen LogP) is 5.69. The van der Waals surface area contributed by atoms with Crippen LogP contribution in [0, 0.1) is 17.0 Å². The van der Waals surface area contributed by atoms with Crippen molar-refractivity contribution < 1.29 is 4.92 Å². The minimum absolute atomic E-state index is 0.150. The number of aromatic nitrogens is 2. The number of nitrogens with one attached hydrogen (secondary N) is 2. The van der Waals surface area contributed by atoms with E-state index in [1.807, 2.05) is 97.7 Å². The van der Waals surface area contributed by atoms with Crippen molar-refractivity contribution in [1.82, 2.24) is 9.97 Å². The van der Waals surface area contributed by atoms with Crippen molar-refractivity contribution in [3.8, 4) is 0 Å². The van der Waals surface area contributed by atoms with E-state index in [4.69, 9.17) is 0 Å². The number of nitrogens with zero attached hydrogens (tertiary/aromatic N) is 4. The molecule has 0 aliphatic carbocycles. The third kappa shape index (κ3) is 5.29. The van der Waals surface area contributed by atoms with Crippen LogP contribution in [0.3, 0.4) is 0 Å². The van der Waals surface area contributed by atoms with E-state index >= 15 is 0 Å². The van der Waals surface area contributed by atoms with Gasteiger partial charge in [-0.2, -0.15) is 0 Å². The first-order valence-electron chi connectivity index (χ1n) is 10.9. The maximum Gasteiger partial charge on any atom is 0.353 e. The van der Waals surface area contributed by atoms with Gasteiger partial charge in [0.2, 0.25) is 11.6 Å². The van der Waals surface area contributed by atoms with E-state index in [0.717, 1.165) is 28.1 Å². The molecule has 0 aliphatic rings. The minimum Gasteiger partial charge on any atom is -0.388 e. The molecule has 0 saturated carbocycles. The number of nitro groups is 1. The van der Waals surface area contributed by atoms with Gasteiger partial charge in [-0.25, -0.2) is 9.97 Å². The maximum absolute atomic E-state index is 12.3. The summed E-state index contributed by atoms with van der Waals surface area (Å²) >= 11 is 0. The van der Waals surface area contributed by atoms with Crippen LogP contribution in [-0.2, 0) is 13.1 Å². The average Bonchev–Trinajstić information content (AvgIpc) is 2.86. The summed E-state index contributed by atoms with van der Waals surface area (Å²) in [6, 6.07) is 25.5. The monoisotopic (exact) mass is 454 g/mol. The fourth-order valence-corrected chi connectivity index (χ4v) is 3.71. The van der Waals surface area contributed by atoms with Crippen molar-refractivity contribution in [2.24, 2.45) is 0 Å². The summed E-state index contributed by atoms with van der Waals surface area (Å²) in [5, 5.41) is 18.5. The second-order valence-electron chi connectivity index (χ2n) is 7.88. The molecular formula is C26H26N6O2. The first kappa shape index (κ1) is 22.7. The van der Waals surface area contributed by atoms with E-state index in [1.54, 1.807) is 0 Å². The van der Waals surface area contributed by atoms with Gasteiger partial charge in [-0.1, -0.05) is 66.7 Å². The number of aryl methyl sites for hydroxylation is 1. The molecule has 4 rings (SSSR count). The zero-order valence-corrected chi connectivity index (χ0v) is 19.1. The van der Waals surface area contributed by atoms with Crippen molar-refractivity contribution >= 4 is 28.7 Å². The van der Waals surface area contributed by atoms with E-state index in [-0.39, 0.29) is 17.3 Å². The average molecular weight is 455 g/mol. The Balaban J connectivity index is 1.77. The highest BCUT2D eigenvalue weighted by Crippen LogP contribution is 2.36. The molecule has 34 heavy (non-hydrogen) atoms. The van der Waals surface area contributed by atoms with Gasteiger partial charge in [0.25, 0.3) is 0 Å². The molecule has 0 spiro atoms. The molecule has 4 aromatic rings. The van der Waals surface area contributed by atoms with Gasteiger partial charge >= 0.3 is 5.69 Å². The summed E-state index contributed by atoms with van der Waals surface area (Å²) in [7, 11) is 1.82. The molecule has 0 fully saturated rings. The topological polar surface area (TPSA) is 96.2 Å². The lowest BCUT2D eigenvalue weighted by molar-refractivity contribution is -0.383. The number of rotatable bonds is 9. The van der Waals surface area contributed by atoms with Crippen molar-refractivity contribution in [1.29, 1.82) is 0 Å². The Hall–Kier alpha value is -4.46. The summed E-state index contributed by atoms with van der Waals surface area (Å²) < 4.78 is 0. The standard InChI is InChI=1S/C26H26N6O2/c1-19-13-14-22(27-2)15-23(19)30-25-24(32(33)34)26(29-18-28-25)31(16-20-9-5-3-6-10-20)17-21-11-7-4-8-12-21/h3-15,18,27H,16-17H2,1-2H3,(H,28,29,30). The maximum atomic E-state index is 12.3. The normalized spacial score (nSPS) is 10.5. The zero-order valence-electron chi connectivity index (χ0n) is 19.1. The van der Waals surface area contributed by atoms with Crippen LogP contribution in [0.2, 0.25) is 0 Å². The molecule has 172 valence electrons. The molecule has 0 atom stereocenters. The van der Waals surface area contributed by atoms with E-state index in [2.05, 4.69) is 20.6 Å². The van der Waals surface area contributed by atoms with Crippen molar-refractivity contribution in [2.75, 3.05) is 22.6 Å². The van der Waals surface area contributed by atoms with Crippen molar-refractivity contribution in [3.63, 3.8) is 0 Å². The van der Waals surface area contributed by atoms with Crippen LogP contribution in [0.5, 0.6) is 0 Å². The molecule has 2 N–H and O–H groups in total. The van der Waals surface area contributed by atoms with Gasteiger partial charge in [0.1, 0.15) is 6.33 Å². The first-order chi connectivity index (χ1) is 16.5. The van der Waals surface area contributed by atoms with Crippen molar-refractivity contribution in [2.45, 2.75) is 20.0 Å². The fraction of sp³-hybridized carbons (Fsp3) is 0.154. The molecule has 1 aromatic heterocycles. The first-order valence-corrected chi connectivity index (χ1v) is 10.9. The minimum atomic E-state index is -0.419. The van der Waals surface area contributed by atoms with E-state index < -0.39 is 4.92 Å². The molecule has 0 saturated heterocycles. The summed E-state index contributed by atoms with van der Waals surface area (Å²) in [6.07, 6.45) is 1.37. The summed E-state index contributed by atoms with van der Waals surface area (Å²) in [6.45, 7) is 2.86. The lowest BCUT2D eigenvalue weighted by Crippen LogP contribution is -2.24. The van der Waals surface area contributed by atoms with Crippen LogP contribution in [0.4, 0.5) is 28.7 Å². The largest absolute Gasteiger partial charge is 0.388 e. The Labute approximate surface area is 198 Å². The zero-order chi connectivity index (χ0) is 23.9. The molecule has 0 radical (unpaired) electrons. The van der Waals surface area contributed by atoms with Crippen LogP contribution in [0.15, 0.2) is 85.2 Å². The lowest BCUT2D eigenvalue weighted by atomic mass is 10.1. The molecule has 0 amide bonds. The molecule has 0 bridgehead atoms. The summed E-state index contributed by atoms with van der Waals surface area (Å²) in [5.74, 6) is 0.412. The van der Waals surface area contributed by atoms with Gasteiger partial charge in [0.05, 0.1) is 4.92 Å². The van der Waals surface area contributed by atoms with Crippen LogP contribution in [-0.4, -0.2) is 21.9 Å². The smallest absolute Gasteiger partial charge is 0.353 e. The summed E-state index contributed by atoms with van der Waals surface area (Å²) in [5.41, 5.74) is 4.46. The fourth-order valence-electron chi connectivity index (χ4n) is 3.71. The highest BCUT2D eigenvalue weighted by molar-refractivity contribution is 5.76. The second kappa shape index (κ2) is 10.4. The number of anilines is 4. The van der Waals surface area contributed by atoms with Gasteiger partial charge in [-0.15, -0.1) is 0 Å².